The zero-order valence-electron chi connectivity index (χ0n) is 17.9. The highest BCUT2D eigenvalue weighted by atomic mass is 16.5. The fourth-order valence-corrected chi connectivity index (χ4v) is 7.94. The summed E-state index contributed by atoms with van der Waals surface area (Å²) in [5.74, 6) is 1.10. The quantitative estimate of drug-likeness (QED) is 0.811. The van der Waals surface area contributed by atoms with Gasteiger partial charge >= 0.3 is 0 Å². The minimum atomic E-state index is -0.731. The summed E-state index contributed by atoms with van der Waals surface area (Å²) >= 11 is 0. The third-order valence-electron chi connectivity index (χ3n) is 9.11. The average Bonchev–Trinajstić information content (AvgIpc) is 3.23. The van der Waals surface area contributed by atoms with Gasteiger partial charge in [0.15, 0.2) is 0 Å². The Balaban J connectivity index is 1.83. The van der Waals surface area contributed by atoms with Crippen LogP contribution >= 0.6 is 0 Å². The van der Waals surface area contributed by atoms with Crippen LogP contribution in [0.1, 0.15) is 45.6 Å². The van der Waals surface area contributed by atoms with Gasteiger partial charge in [-0.05, 0) is 43.4 Å². The number of aliphatic hydroxyl groups is 1. The number of ether oxygens (including phenoxy) is 1. The lowest BCUT2D eigenvalue weighted by Gasteiger charge is -2.65. The van der Waals surface area contributed by atoms with Crippen molar-refractivity contribution in [1.82, 2.24) is 4.90 Å². The fourth-order valence-electron chi connectivity index (χ4n) is 7.94. The third kappa shape index (κ3) is 1.80. The van der Waals surface area contributed by atoms with E-state index in [1.807, 2.05) is 0 Å². The molecule has 3 aliphatic heterocycles. The Hall–Kier alpha value is -1.52. The van der Waals surface area contributed by atoms with Gasteiger partial charge in [0, 0.05) is 42.2 Å². The first-order valence-electron chi connectivity index (χ1n) is 11.0. The molecule has 0 bridgehead atoms. The number of anilines is 1. The molecule has 28 heavy (non-hydrogen) atoms. The normalized spacial score (nSPS) is 43.6. The third-order valence-corrected chi connectivity index (χ3v) is 9.11. The zero-order chi connectivity index (χ0) is 19.9. The molecule has 1 saturated carbocycles. The number of rotatable bonds is 3. The minimum absolute atomic E-state index is 0.0123. The van der Waals surface area contributed by atoms with Gasteiger partial charge in [0.05, 0.1) is 18.8 Å². The van der Waals surface area contributed by atoms with Crippen LogP contribution in [0, 0.1) is 11.3 Å². The second-order valence-electron chi connectivity index (χ2n) is 9.52. The molecule has 0 radical (unpaired) electrons. The molecule has 1 N–H and O–H groups in total. The average molecular weight is 383 g/mol. The Bertz CT molecular complexity index is 838. The largest absolute Gasteiger partial charge is 0.497 e. The summed E-state index contributed by atoms with van der Waals surface area (Å²) in [4.78, 5) is 5.09. The van der Waals surface area contributed by atoms with Gasteiger partial charge in [-0.25, -0.2) is 0 Å². The van der Waals surface area contributed by atoms with E-state index in [4.69, 9.17) is 4.74 Å². The van der Waals surface area contributed by atoms with Gasteiger partial charge in [-0.1, -0.05) is 39.0 Å². The Morgan fingerprint density at radius 1 is 1.21 bits per heavy atom. The van der Waals surface area contributed by atoms with Crippen molar-refractivity contribution in [3.8, 4) is 5.75 Å². The molecule has 1 aromatic carbocycles. The summed E-state index contributed by atoms with van der Waals surface area (Å²) in [6, 6.07) is 7.13. The maximum absolute atomic E-state index is 12.3. The maximum Gasteiger partial charge on any atom is 0.120 e. The Labute approximate surface area is 169 Å². The van der Waals surface area contributed by atoms with Crippen LogP contribution in [-0.4, -0.2) is 54.9 Å². The van der Waals surface area contributed by atoms with Crippen molar-refractivity contribution < 1.29 is 9.84 Å². The lowest BCUT2D eigenvalue weighted by atomic mass is 9.45. The van der Waals surface area contributed by atoms with E-state index in [-0.39, 0.29) is 22.8 Å². The summed E-state index contributed by atoms with van der Waals surface area (Å²) in [5, 5.41) is 12.3. The highest BCUT2D eigenvalue weighted by Gasteiger charge is 2.74. The summed E-state index contributed by atoms with van der Waals surface area (Å²) in [6.07, 6.45) is 7.80. The van der Waals surface area contributed by atoms with E-state index >= 15 is 0 Å². The van der Waals surface area contributed by atoms with Crippen LogP contribution in [0.5, 0.6) is 5.75 Å². The molecule has 152 valence electrons. The first kappa shape index (κ1) is 18.5. The second kappa shape index (κ2) is 5.76. The molecule has 4 heteroatoms. The van der Waals surface area contributed by atoms with Crippen molar-refractivity contribution in [1.29, 1.82) is 0 Å². The minimum Gasteiger partial charge on any atom is -0.497 e. The second-order valence-corrected chi connectivity index (χ2v) is 9.52. The number of benzene rings is 1. The summed E-state index contributed by atoms with van der Waals surface area (Å²) in [6.45, 7) is 8.94. The Morgan fingerprint density at radius 3 is 2.68 bits per heavy atom. The summed E-state index contributed by atoms with van der Waals surface area (Å²) < 4.78 is 5.55. The smallest absolute Gasteiger partial charge is 0.120 e. The first-order chi connectivity index (χ1) is 13.4. The molecular weight excluding hydrogens is 348 g/mol. The molecular formula is C24H34N2O2. The molecule has 4 nitrogen and oxygen atoms in total. The van der Waals surface area contributed by atoms with Crippen molar-refractivity contribution in [3.05, 3.63) is 35.9 Å². The lowest BCUT2D eigenvalue weighted by Crippen LogP contribution is -2.75. The van der Waals surface area contributed by atoms with Gasteiger partial charge in [-0.3, -0.25) is 4.90 Å². The van der Waals surface area contributed by atoms with Crippen LogP contribution in [0.2, 0.25) is 0 Å². The summed E-state index contributed by atoms with van der Waals surface area (Å²) in [5.41, 5.74) is 1.91. The van der Waals surface area contributed by atoms with Crippen molar-refractivity contribution in [2.75, 3.05) is 32.1 Å². The van der Waals surface area contributed by atoms with E-state index in [1.54, 1.807) is 7.11 Å². The molecule has 1 aliphatic carbocycles. The molecule has 6 atom stereocenters. The highest BCUT2D eigenvalue weighted by molar-refractivity contribution is 5.69. The van der Waals surface area contributed by atoms with Gasteiger partial charge in [0.25, 0.3) is 0 Å². The van der Waals surface area contributed by atoms with Crippen LogP contribution in [-0.2, 0) is 5.41 Å². The van der Waals surface area contributed by atoms with E-state index < -0.39 is 5.60 Å². The maximum atomic E-state index is 12.3. The van der Waals surface area contributed by atoms with Crippen molar-refractivity contribution in [3.63, 3.8) is 0 Å². The van der Waals surface area contributed by atoms with E-state index in [1.165, 1.54) is 11.3 Å². The van der Waals surface area contributed by atoms with Gasteiger partial charge in [-0.15, -0.1) is 0 Å². The molecule has 3 heterocycles. The van der Waals surface area contributed by atoms with Crippen LogP contribution in [0.4, 0.5) is 5.69 Å². The van der Waals surface area contributed by atoms with Crippen LogP contribution in [0.25, 0.3) is 0 Å². The fraction of sp³-hybridized carbons (Fsp3) is 0.667. The SMILES string of the molecule is CCC1(O)[C@H](C)[C@]2(CC)C=CCN3CC[C@@]4(c5ccc(OC)cc5N(C)[C@@H]14)[C@@H]32. The molecule has 1 saturated heterocycles. The van der Waals surface area contributed by atoms with Gasteiger partial charge in [0.1, 0.15) is 5.75 Å². The van der Waals surface area contributed by atoms with Crippen LogP contribution in [0.15, 0.2) is 30.4 Å². The molecule has 0 aromatic heterocycles. The standard InChI is InChI=1S/C24H34N2O2/c1-6-22-11-8-13-26-14-12-23(20(22)26)18-10-9-17(28-5)15-19(18)25(4)21(23)24(27,7-2)16(22)3/h8-11,15-16,20-21,27H,6-7,12-14H2,1-5H3/t16-,20+,21-,22+,23-,24?/m1/s1. The monoisotopic (exact) mass is 382 g/mol. The Kier molecular flexibility index (Phi) is 3.81. The van der Waals surface area contributed by atoms with Crippen molar-refractivity contribution >= 4 is 5.69 Å². The van der Waals surface area contributed by atoms with Crippen molar-refractivity contribution in [2.45, 2.75) is 63.1 Å². The van der Waals surface area contributed by atoms with E-state index in [9.17, 15) is 5.11 Å². The number of nitrogens with zero attached hydrogens (tertiary/aromatic N) is 2. The molecule has 0 amide bonds. The number of hydrogen-bond acceptors (Lipinski definition) is 4. The van der Waals surface area contributed by atoms with E-state index in [0.717, 1.165) is 38.1 Å². The van der Waals surface area contributed by atoms with Gasteiger partial charge < -0.3 is 14.7 Å². The van der Waals surface area contributed by atoms with Gasteiger partial charge in [-0.2, -0.15) is 0 Å². The first-order valence-corrected chi connectivity index (χ1v) is 11.0. The number of hydrogen-bond donors (Lipinski definition) is 1. The predicted molar refractivity (Wildman–Crippen MR) is 113 cm³/mol. The Morgan fingerprint density at radius 2 is 2.00 bits per heavy atom. The predicted octanol–water partition coefficient (Wildman–Crippen LogP) is 3.58. The van der Waals surface area contributed by atoms with E-state index in [2.05, 4.69) is 68.0 Å². The van der Waals surface area contributed by atoms with E-state index in [0.29, 0.717) is 6.04 Å². The van der Waals surface area contributed by atoms with Crippen LogP contribution in [0.3, 0.4) is 0 Å². The number of methoxy groups -OCH3 is 1. The molecule has 1 spiro atoms. The molecule has 2 fully saturated rings. The van der Waals surface area contributed by atoms with Crippen LogP contribution < -0.4 is 9.64 Å². The number of likely N-dealkylation sites (N-methyl/N-ethyl adjacent to an activating group) is 1. The van der Waals surface area contributed by atoms with Crippen molar-refractivity contribution in [2.24, 2.45) is 11.3 Å². The highest BCUT2D eigenvalue weighted by Crippen LogP contribution is 2.68. The number of fused-ring (bicyclic) bond motifs is 1. The molecule has 1 unspecified atom stereocenters. The van der Waals surface area contributed by atoms with Gasteiger partial charge in [0.2, 0.25) is 0 Å². The molecule has 5 rings (SSSR count). The lowest BCUT2D eigenvalue weighted by molar-refractivity contribution is -0.157. The molecule has 1 aromatic rings. The zero-order valence-corrected chi connectivity index (χ0v) is 17.9. The summed E-state index contributed by atoms with van der Waals surface area (Å²) in [7, 11) is 3.92. The topological polar surface area (TPSA) is 35.9 Å². The molecule has 4 aliphatic rings.